The largest absolute Gasteiger partial charge is 0.326 e. The third-order valence-corrected chi connectivity index (χ3v) is 4.44. The van der Waals surface area contributed by atoms with Gasteiger partial charge in [-0.2, -0.15) is 12.6 Å². The number of benzene rings is 1. The average Bonchev–Trinajstić information content (AvgIpc) is 2.49. The molecule has 0 fully saturated rings. The van der Waals surface area contributed by atoms with Gasteiger partial charge in [0, 0.05) is 24.0 Å². The van der Waals surface area contributed by atoms with Crippen LogP contribution in [0.5, 0.6) is 0 Å². The third kappa shape index (κ3) is 5.63. The molecule has 0 aromatic heterocycles. The first-order chi connectivity index (χ1) is 10.4. The maximum atomic E-state index is 12.6. The minimum Gasteiger partial charge on any atom is -0.326 e. The van der Waals surface area contributed by atoms with Crippen LogP contribution in [0.1, 0.15) is 31.4 Å². The van der Waals surface area contributed by atoms with Crippen molar-refractivity contribution in [3.63, 3.8) is 0 Å². The lowest BCUT2D eigenvalue weighted by molar-refractivity contribution is -0.119. The van der Waals surface area contributed by atoms with Crippen LogP contribution in [0, 0.1) is 19.8 Å². The summed E-state index contributed by atoms with van der Waals surface area (Å²) in [6.07, 6.45) is 0.925. The lowest BCUT2D eigenvalue weighted by Gasteiger charge is -2.25. The Kier molecular flexibility index (Phi) is 7.93. The lowest BCUT2D eigenvalue weighted by Crippen LogP contribution is -2.49. The summed E-state index contributed by atoms with van der Waals surface area (Å²) < 4.78 is 0. The smallest absolute Gasteiger partial charge is 0.241 e. The summed E-state index contributed by atoms with van der Waals surface area (Å²) >= 11 is 4.18. The van der Waals surface area contributed by atoms with Crippen LogP contribution in [-0.2, 0) is 4.79 Å². The molecule has 4 nitrogen and oxygen atoms in total. The zero-order valence-corrected chi connectivity index (χ0v) is 14.9. The van der Waals surface area contributed by atoms with Gasteiger partial charge in [-0.1, -0.05) is 38.0 Å². The zero-order valence-electron chi connectivity index (χ0n) is 14.0. The van der Waals surface area contributed by atoms with Crippen LogP contribution in [-0.4, -0.2) is 30.3 Å². The van der Waals surface area contributed by atoms with E-state index in [0.29, 0.717) is 12.3 Å². The normalized spacial score (nSPS) is 15.2. The van der Waals surface area contributed by atoms with Crippen molar-refractivity contribution in [3.05, 3.63) is 29.3 Å². The predicted octanol–water partition coefficient (Wildman–Crippen LogP) is 2.50. The van der Waals surface area contributed by atoms with Crippen LogP contribution in [0.2, 0.25) is 0 Å². The number of anilines is 1. The Labute approximate surface area is 139 Å². The van der Waals surface area contributed by atoms with E-state index in [0.717, 1.165) is 17.7 Å². The van der Waals surface area contributed by atoms with Crippen LogP contribution in [0.25, 0.3) is 0 Å². The van der Waals surface area contributed by atoms with E-state index in [2.05, 4.69) is 43.2 Å². The number of nitrogens with one attached hydrogen (secondary N) is 2. The number of hydrogen-bond donors (Lipinski definition) is 4. The third-order valence-electron chi connectivity index (χ3n) is 3.97. The number of nitrogens with two attached hydrogens (primary N) is 1. The van der Waals surface area contributed by atoms with Crippen LogP contribution in [0.15, 0.2) is 18.2 Å². The maximum absolute atomic E-state index is 12.6. The Balaban J connectivity index is 2.78. The Hall–Kier alpha value is -1.04. The molecule has 0 saturated carbocycles. The molecule has 0 aliphatic heterocycles. The molecule has 0 spiro atoms. The molecule has 0 aliphatic carbocycles. The molecule has 0 bridgehead atoms. The van der Waals surface area contributed by atoms with E-state index in [1.165, 1.54) is 5.56 Å². The molecule has 0 radical (unpaired) electrons. The van der Waals surface area contributed by atoms with Gasteiger partial charge in [-0.05, 0) is 31.4 Å². The highest BCUT2D eigenvalue weighted by Gasteiger charge is 2.24. The van der Waals surface area contributed by atoms with Gasteiger partial charge in [-0.3, -0.25) is 4.79 Å². The van der Waals surface area contributed by atoms with Crippen molar-refractivity contribution in [2.75, 3.05) is 17.6 Å². The van der Waals surface area contributed by atoms with E-state index in [-0.39, 0.29) is 23.9 Å². The first-order valence-corrected chi connectivity index (χ1v) is 8.50. The molecule has 22 heavy (non-hydrogen) atoms. The fraction of sp³-hybridized carbons (Fsp3) is 0.588. The Bertz CT molecular complexity index is 493. The molecule has 1 aromatic carbocycles. The Morgan fingerprint density at radius 2 is 2.05 bits per heavy atom. The SMILES string of the molecule is CC[C@H](C)[C@H](NC[C@@H](N)CS)C(=O)Nc1ccc(C)cc1C. The van der Waals surface area contributed by atoms with E-state index < -0.39 is 0 Å². The molecule has 1 aromatic rings. The number of amides is 1. The van der Waals surface area contributed by atoms with Crippen molar-refractivity contribution in [1.82, 2.24) is 5.32 Å². The monoisotopic (exact) mass is 323 g/mol. The van der Waals surface area contributed by atoms with Crippen molar-refractivity contribution in [3.8, 4) is 0 Å². The van der Waals surface area contributed by atoms with E-state index in [1.54, 1.807) is 0 Å². The number of carbonyl (C=O) groups is 1. The molecule has 0 unspecified atom stereocenters. The fourth-order valence-corrected chi connectivity index (χ4v) is 2.42. The van der Waals surface area contributed by atoms with Crippen LogP contribution in [0.3, 0.4) is 0 Å². The molecule has 124 valence electrons. The molecule has 1 rings (SSSR count). The number of thiol groups is 1. The average molecular weight is 324 g/mol. The summed E-state index contributed by atoms with van der Waals surface area (Å²) in [5, 5.41) is 6.32. The molecular weight excluding hydrogens is 294 g/mol. The molecule has 5 heteroatoms. The summed E-state index contributed by atoms with van der Waals surface area (Å²) in [5.41, 5.74) is 9.01. The second kappa shape index (κ2) is 9.18. The van der Waals surface area contributed by atoms with Gasteiger partial charge in [0.1, 0.15) is 0 Å². The number of hydrogen-bond acceptors (Lipinski definition) is 4. The first-order valence-electron chi connectivity index (χ1n) is 7.87. The second-order valence-electron chi connectivity index (χ2n) is 6.02. The molecule has 4 N–H and O–H groups in total. The minimum absolute atomic E-state index is 0.00679. The fourth-order valence-electron chi connectivity index (χ4n) is 2.30. The second-order valence-corrected chi connectivity index (χ2v) is 6.39. The van der Waals surface area contributed by atoms with Crippen LogP contribution in [0.4, 0.5) is 5.69 Å². The van der Waals surface area contributed by atoms with Gasteiger partial charge in [0.15, 0.2) is 0 Å². The molecule has 0 aliphatic rings. The van der Waals surface area contributed by atoms with E-state index >= 15 is 0 Å². The van der Waals surface area contributed by atoms with Gasteiger partial charge in [-0.15, -0.1) is 0 Å². The van der Waals surface area contributed by atoms with Gasteiger partial charge < -0.3 is 16.4 Å². The van der Waals surface area contributed by atoms with Crippen molar-refractivity contribution in [2.45, 2.75) is 46.2 Å². The highest BCUT2D eigenvalue weighted by molar-refractivity contribution is 7.80. The minimum atomic E-state index is -0.253. The quantitative estimate of drug-likeness (QED) is 0.556. The molecule has 0 heterocycles. The summed E-state index contributed by atoms with van der Waals surface area (Å²) in [4.78, 5) is 12.6. The summed E-state index contributed by atoms with van der Waals surface area (Å²) in [6.45, 7) is 8.79. The Morgan fingerprint density at radius 1 is 1.36 bits per heavy atom. The van der Waals surface area contributed by atoms with Gasteiger partial charge in [0.2, 0.25) is 5.91 Å². The summed E-state index contributed by atoms with van der Waals surface area (Å²) in [7, 11) is 0. The summed E-state index contributed by atoms with van der Waals surface area (Å²) in [5.74, 6) is 0.823. The van der Waals surface area contributed by atoms with Crippen molar-refractivity contribution >= 4 is 24.2 Å². The van der Waals surface area contributed by atoms with E-state index in [9.17, 15) is 4.79 Å². The van der Waals surface area contributed by atoms with Crippen molar-refractivity contribution in [2.24, 2.45) is 11.7 Å². The lowest BCUT2D eigenvalue weighted by atomic mass is 9.97. The van der Waals surface area contributed by atoms with Crippen molar-refractivity contribution in [1.29, 1.82) is 0 Å². The molecular formula is C17H29N3OS. The molecule has 1 amide bonds. The summed E-state index contributed by atoms with van der Waals surface area (Å²) in [6, 6.07) is 5.72. The van der Waals surface area contributed by atoms with Crippen molar-refractivity contribution < 1.29 is 4.79 Å². The highest BCUT2D eigenvalue weighted by Crippen LogP contribution is 2.18. The number of rotatable bonds is 8. The molecule has 3 atom stereocenters. The maximum Gasteiger partial charge on any atom is 0.241 e. The number of carbonyl (C=O) groups excluding carboxylic acids is 1. The van der Waals surface area contributed by atoms with Gasteiger partial charge in [-0.25, -0.2) is 0 Å². The van der Waals surface area contributed by atoms with E-state index in [4.69, 9.17) is 5.73 Å². The van der Waals surface area contributed by atoms with Gasteiger partial charge in [0.25, 0.3) is 0 Å². The van der Waals surface area contributed by atoms with Crippen LogP contribution >= 0.6 is 12.6 Å². The zero-order chi connectivity index (χ0) is 16.7. The van der Waals surface area contributed by atoms with E-state index in [1.807, 2.05) is 26.0 Å². The topological polar surface area (TPSA) is 67.1 Å². The standard InChI is InChI=1S/C17H29N3OS/c1-5-12(3)16(19-9-14(18)10-22)17(21)20-15-7-6-11(2)8-13(15)4/h6-8,12,14,16,19,22H,5,9-10,18H2,1-4H3,(H,20,21)/t12-,14+,16-/m0/s1. The van der Waals surface area contributed by atoms with Gasteiger partial charge in [0.05, 0.1) is 6.04 Å². The Morgan fingerprint density at radius 3 is 2.59 bits per heavy atom. The first kappa shape index (κ1) is 19.0. The number of aryl methyl sites for hydroxylation is 2. The highest BCUT2D eigenvalue weighted by atomic mass is 32.1. The van der Waals surface area contributed by atoms with Crippen LogP contribution < -0.4 is 16.4 Å². The predicted molar refractivity (Wildman–Crippen MR) is 97.6 cm³/mol. The van der Waals surface area contributed by atoms with Gasteiger partial charge >= 0.3 is 0 Å². The molecule has 0 saturated heterocycles.